The van der Waals surface area contributed by atoms with Crippen LogP contribution in [-0.4, -0.2) is 4.98 Å². The average molecular weight is 222 g/mol. The fourth-order valence-corrected chi connectivity index (χ4v) is 0.846. The first kappa shape index (κ1) is 8.71. The van der Waals surface area contributed by atoms with Crippen LogP contribution < -0.4 is 0 Å². The standard InChI is InChI=1S/C7H9BrFNO/c1-7(2,3)6-10-5(9)4(8)11-6/h1-3H3. The van der Waals surface area contributed by atoms with Crippen molar-refractivity contribution in [3.05, 3.63) is 16.5 Å². The largest absolute Gasteiger partial charge is 0.430 e. The van der Waals surface area contributed by atoms with Crippen LogP contribution >= 0.6 is 15.9 Å². The molecule has 0 spiro atoms. The Morgan fingerprint density at radius 1 is 1.45 bits per heavy atom. The van der Waals surface area contributed by atoms with E-state index >= 15 is 0 Å². The minimum absolute atomic E-state index is 0.0717. The van der Waals surface area contributed by atoms with E-state index in [1.165, 1.54) is 0 Å². The molecule has 1 aromatic heterocycles. The number of aromatic nitrogens is 1. The van der Waals surface area contributed by atoms with Gasteiger partial charge in [-0.05, 0) is 15.9 Å². The molecule has 0 saturated carbocycles. The molecular weight excluding hydrogens is 213 g/mol. The van der Waals surface area contributed by atoms with Crippen LogP contribution in [0.5, 0.6) is 0 Å². The molecule has 0 aliphatic carbocycles. The van der Waals surface area contributed by atoms with E-state index < -0.39 is 5.95 Å². The lowest BCUT2D eigenvalue weighted by Gasteiger charge is -2.11. The summed E-state index contributed by atoms with van der Waals surface area (Å²) in [6, 6.07) is 0. The highest BCUT2D eigenvalue weighted by molar-refractivity contribution is 9.10. The third-order valence-electron chi connectivity index (χ3n) is 1.19. The molecule has 0 amide bonds. The van der Waals surface area contributed by atoms with Gasteiger partial charge in [0.25, 0.3) is 5.95 Å². The molecule has 0 fully saturated rings. The van der Waals surface area contributed by atoms with Gasteiger partial charge < -0.3 is 4.42 Å². The zero-order valence-corrected chi connectivity index (χ0v) is 8.20. The van der Waals surface area contributed by atoms with E-state index in [0.717, 1.165) is 0 Å². The van der Waals surface area contributed by atoms with Crippen LogP contribution in [0.15, 0.2) is 9.09 Å². The van der Waals surface area contributed by atoms with E-state index in [4.69, 9.17) is 4.42 Å². The van der Waals surface area contributed by atoms with E-state index in [2.05, 4.69) is 20.9 Å². The topological polar surface area (TPSA) is 26.0 Å². The van der Waals surface area contributed by atoms with Gasteiger partial charge in [0.05, 0.1) is 0 Å². The first-order valence-electron chi connectivity index (χ1n) is 3.23. The van der Waals surface area contributed by atoms with Crippen LogP contribution in [0.2, 0.25) is 0 Å². The van der Waals surface area contributed by atoms with Gasteiger partial charge in [-0.25, -0.2) is 0 Å². The van der Waals surface area contributed by atoms with Crippen molar-refractivity contribution in [3.63, 3.8) is 0 Å². The van der Waals surface area contributed by atoms with Crippen molar-refractivity contribution in [1.29, 1.82) is 0 Å². The predicted octanol–water partition coefficient (Wildman–Crippen LogP) is 2.87. The molecular formula is C7H9BrFNO. The number of nitrogens with zero attached hydrogens (tertiary/aromatic N) is 1. The lowest BCUT2D eigenvalue weighted by atomic mass is 9.97. The third-order valence-corrected chi connectivity index (χ3v) is 1.68. The van der Waals surface area contributed by atoms with Crippen LogP contribution in [0.1, 0.15) is 26.7 Å². The average Bonchev–Trinajstić information content (AvgIpc) is 2.11. The molecule has 11 heavy (non-hydrogen) atoms. The summed E-state index contributed by atoms with van der Waals surface area (Å²) in [6.45, 7) is 5.72. The molecule has 0 unspecified atom stereocenters. The summed E-state index contributed by atoms with van der Waals surface area (Å²) in [5.41, 5.74) is -0.243. The summed E-state index contributed by atoms with van der Waals surface area (Å²) >= 11 is 2.90. The zero-order valence-electron chi connectivity index (χ0n) is 6.61. The number of oxazole rings is 1. The molecule has 0 N–H and O–H groups in total. The molecule has 62 valence electrons. The maximum atomic E-state index is 12.6. The maximum Gasteiger partial charge on any atom is 0.266 e. The van der Waals surface area contributed by atoms with Crippen molar-refractivity contribution in [2.75, 3.05) is 0 Å². The highest BCUT2D eigenvalue weighted by Gasteiger charge is 2.22. The van der Waals surface area contributed by atoms with Gasteiger partial charge >= 0.3 is 0 Å². The lowest BCUT2D eigenvalue weighted by Crippen LogP contribution is -2.11. The minimum Gasteiger partial charge on any atom is -0.430 e. The number of halogens is 2. The summed E-state index contributed by atoms with van der Waals surface area (Å²) in [7, 11) is 0. The smallest absolute Gasteiger partial charge is 0.266 e. The van der Waals surface area contributed by atoms with E-state index in [1.54, 1.807) is 0 Å². The fourth-order valence-electron chi connectivity index (χ4n) is 0.604. The highest BCUT2D eigenvalue weighted by atomic mass is 79.9. The molecule has 0 radical (unpaired) electrons. The highest BCUT2D eigenvalue weighted by Crippen LogP contribution is 2.25. The third kappa shape index (κ3) is 1.80. The number of hydrogen-bond acceptors (Lipinski definition) is 2. The Kier molecular flexibility index (Phi) is 2.05. The molecule has 0 aliphatic heterocycles. The number of rotatable bonds is 0. The second-order valence-corrected chi connectivity index (χ2v) is 4.05. The second kappa shape index (κ2) is 2.59. The van der Waals surface area contributed by atoms with Gasteiger partial charge in [-0.1, -0.05) is 20.8 Å². The van der Waals surface area contributed by atoms with Gasteiger partial charge in [0, 0.05) is 5.41 Å². The first-order valence-corrected chi connectivity index (χ1v) is 4.03. The lowest BCUT2D eigenvalue weighted by molar-refractivity contribution is 0.381. The predicted molar refractivity (Wildman–Crippen MR) is 42.9 cm³/mol. The Hall–Kier alpha value is -0.380. The fraction of sp³-hybridized carbons (Fsp3) is 0.571. The molecule has 1 aromatic rings. The molecule has 0 atom stereocenters. The summed E-state index contributed by atoms with van der Waals surface area (Å²) in [6.07, 6.45) is 0. The summed E-state index contributed by atoms with van der Waals surface area (Å²) < 4.78 is 17.7. The van der Waals surface area contributed by atoms with Crippen molar-refractivity contribution in [1.82, 2.24) is 4.98 Å². The van der Waals surface area contributed by atoms with Gasteiger partial charge in [0.2, 0.25) is 10.6 Å². The summed E-state index contributed by atoms with van der Waals surface area (Å²) in [5, 5.41) is 0. The van der Waals surface area contributed by atoms with Crippen LogP contribution in [-0.2, 0) is 5.41 Å². The summed E-state index contributed by atoms with van der Waals surface area (Å²) in [4.78, 5) is 3.60. The van der Waals surface area contributed by atoms with E-state index in [1.807, 2.05) is 20.8 Å². The molecule has 4 heteroatoms. The van der Waals surface area contributed by atoms with Gasteiger partial charge in [0.1, 0.15) is 0 Å². The molecule has 0 bridgehead atoms. The van der Waals surface area contributed by atoms with Crippen molar-refractivity contribution in [2.45, 2.75) is 26.2 Å². The van der Waals surface area contributed by atoms with Crippen LogP contribution in [0.25, 0.3) is 0 Å². The van der Waals surface area contributed by atoms with Gasteiger partial charge in [0.15, 0.2) is 0 Å². The molecule has 0 aliphatic rings. The van der Waals surface area contributed by atoms with E-state index in [-0.39, 0.29) is 10.1 Å². The molecule has 1 heterocycles. The Balaban J connectivity index is 3.08. The van der Waals surface area contributed by atoms with Crippen molar-refractivity contribution >= 4 is 15.9 Å². The van der Waals surface area contributed by atoms with Crippen molar-refractivity contribution in [2.24, 2.45) is 0 Å². The normalized spacial score (nSPS) is 12.1. The Morgan fingerprint density at radius 3 is 2.18 bits per heavy atom. The van der Waals surface area contributed by atoms with Crippen molar-refractivity contribution in [3.8, 4) is 0 Å². The Bertz CT molecular complexity index is 244. The van der Waals surface area contributed by atoms with E-state index in [9.17, 15) is 4.39 Å². The van der Waals surface area contributed by atoms with Gasteiger partial charge in [-0.3, -0.25) is 0 Å². The molecule has 0 saturated heterocycles. The SMILES string of the molecule is CC(C)(C)c1nc(F)c(Br)o1. The van der Waals surface area contributed by atoms with Crippen molar-refractivity contribution < 1.29 is 8.81 Å². The van der Waals surface area contributed by atoms with Gasteiger partial charge in [-0.2, -0.15) is 9.37 Å². The molecule has 2 nitrogen and oxygen atoms in total. The zero-order chi connectivity index (χ0) is 8.65. The van der Waals surface area contributed by atoms with Crippen LogP contribution in [0, 0.1) is 5.95 Å². The number of hydrogen-bond donors (Lipinski definition) is 0. The Morgan fingerprint density at radius 2 is 2.00 bits per heavy atom. The summed E-state index contributed by atoms with van der Waals surface area (Å²) in [5.74, 6) is -0.184. The quantitative estimate of drug-likeness (QED) is 0.674. The monoisotopic (exact) mass is 221 g/mol. The first-order chi connectivity index (χ1) is 4.91. The van der Waals surface area contributed by atoms with Crippen LogP contribution in [0.4, 0.5) is 4.39 Å². The van der Waals surface area contributed by atoms with Gasteiger partial charge in [-0.15, -0.1) is 0 Å². The molecule has 1 rings (SSSR count). The molecule has 0 aromatic carbocycles. The van der Waals surface area contributed by atoms with Crippen LogP contribution in [0.3, 0.4) is 0 Å². The minimum atomic E-state index is -0.588. The maximum absolute atomic E-state index is 12.6. The van der Waals surface area contributed by atoms with E-state index in [0.29, 0.717) is 5.89 Å². The second-order valence-electron chi connectivity index (χ2n) is 3.33. The Labute approximate surface area is 72.9 Å².